The number of nitrogen functional groups attached to an aromatic ring is 1. The summed E-state index contributed by atoms with van der Waals surface area (Å²) in [4.78, 5) is 0. The lowest BCUT2D eigenvalue weighted by atomic mass is 10.1. The van der Waals surface area contributed by atoms with E-state index in [0.717, 1.165) is 16.6 Å². The highest BCUT2D eigenvalue weighted by atomic mass is 79.9. The van der Waals surface area contributed by atoms with E-state index in [9.17, 15) is 13.2 Å². The molecule has 0 aliphatic heterocycles. The van der Waals surface area contributed by atoms with Crippen LogP contribution in [0.1, 0.15) is 11.1 Å². The Bertz CT molecular complexity index is 612. The molecule has 106 valence electrons. The lowest BCUT2D eigenvalue weighted by Crippen LogP contribution is -2.07. The smallest absolute Gasteiger partial charge is 0.397 e. The van der Waals surface area contributed by atoms with Crippen molar-refractivity contribution in [1.82, 2.24) is 0 Å². The molecule has 0 heterocycles. The van der Waals surface area contributed by atoms with Crippen molar-refractivity contribution < 1.29 is 13.2 Å². The molecule has 3 N–H and O–H groups in total. The molecular formula is C14H12BrF3N2. The normalized spacial score (nSPS) is 11.4. The summed E-state index contributed by atoms with van der Waals surface area (Å²) in [5, 5.41) is 3.03. The van der Waals surface area contributed by atoms with Gasteiger partial charge in [-0.25, -0.2) is 0 Å². The summed E-state index contributed by atoms with van der Waals surface area (Å²) in [6, 6.07) is 10.5. The molecule has 0 saturated heterocycles. The van der Waals surface area contributed by atoms with E-state index in [1.54, 1.807) is 24.3 Å². The van der Waals surface area contributed by atoms with E-state index in [4.69, 9.17) is 5.73 Å². The highest BCUT2D eigenvalue weighted by Crippen LogP contribution is 2.30. The Balaban J connectivity index is 2.13. The number of alkyl halides is 3. The maximum atomic E-state index is 12.6. The van der Waals surface area contributed by atoms with Gasteiger partial charge in [-0.05, 0) is 35.9 Å². The van der Waals surface area contributed by atoms with Gasteiger partial charge in [0.2, 0.25) is 0 Å². The lowest BCUT2D eigenvalue weighted by molar-refractivity contribution is -0.137. The molecule has 0 radical (unpaired) electrons. The van der Waals surface area contributed by atoms with Gasteiger partial charge in [0.25, 0.3) is 0 Å². The van der Waals surface area contributed by atoms with Crippen LogP contribution in [0.25, 0.3) is 0 Å². The summed E-state index contributed by atoms with van der Waals surface area (Å²) in [6.07, 6.45) is -4.33. The van der Waals surface area contributed by atoms with Crippen LogP contribution >= 0.6 is 15.9 Å². The van der Waals surface area contributed by atoms with E-state index in [1.807, 2.05) is 0 Å². The quantitative estimate of drug-likeness (QED) is 0.794. The predicted octanol–water partition coefficient (Wildman–Crippen LogP) is 4.66. The minimum atomic E-state index is -4.33. The Labute approximate surface area is 122 Å². The number of halogens is 4. The van der Waals surface area contributed by atoms with Crippen molar-refractivity contribution in [1.29, 1.82) is 0 Å². The molecule has 0 bridgehead atoms. The first-order valence-electron chi connectivity index (χ1n) is 5.81. The van der Waals surface area contributed by atoms with Crippen LogP contribution in [-0.2, 0) is 12.7 Å². The van der Waals surface area contributed by atoms with Crippen LogP contribution in [0.2, 0.25) is 0 Å². The van der Waals surface area contributed by atoms with Gasteiger partial charge in [0.05, 0.1) is 16.9 Å². The van der Waals surface area contributed by atoms with Crippen molar-refractivity contribution in [3.63, 3.8) is 0 Å². The van der Waals surface area contributed by atoms with Crippen molar-refractivity contribution in [3.05, 3.63) is 58.1 Å². The number of anilines is 2. The molecule has 0 atom stereocenters. The highest BCUT2D eigenvalue weighted by molar-refractivity contribution is 9.10. The second kappa shape index (κ2) is 5.75. The zero-order chi connectivity index (χ0) is 14.8. The molecule has 2 aromatic rings. The third kappa shape index (κ3) is 3.66. The molecule has 2 aromatic carbocycles. The molecular weight excluding hydrogens is 333 g/mol. The monoisotopic (exact) mass is 344 g/mol. The highest BCUT2D eigenvalue weighted by Gasteiger charge is 2.30. The Morgan fingerprint density at radius 3 is 2.55 bits per heavy atom. The van der Waals surface area contributed by atoms with Gasteiger partial charge in [-0.1, -0.05) is 28.1 Å². The van der Waals surface area contributed by atoms with E-state index in [-0.39, 0.29) is 6.54 Å². The maximum Gasteiger partial charge on any atom is 0.416 e. The minimum Gasteiger partial charge on any atom is -0.397 e. The van der Waals surface area contributed by atoms with Crippen LogP contribution in [0.4, 0.5) is 24.5 Å². The number of hydrogen-bond acceptors (Lipinski definition) is 2. The number of nitrogens with one attached hydrogen (secondary N) is 1. The molecule has 0 aliphatic rings. The molecule has 0 aromatic heterocycles. The standard InChI is InChI=1S/C14H12BrF3N2/c15-11-4-5-12(19)13(7-11)20-8-9-2-1-3-10(6-9)14(16,17)18/h1-7,20H,8,19H2. The molecule has 0 aliphatic carbocycles. The van der Waals surface area contributed by atoms with Crippen molar-refractivity contribution >= 4 is 27.3 Å². The predicted molar refractivity (Wildman–Crippen MR) is 77.3 cm³/mol. The van der Waals surface area contributed by atoms with Gasteiger partial charge < -0.3 is 11.1 Å². The number of rotatable bonds is 3. The van der Waals surface area contributed by atoms with E-state index >= 15 is 0 Å². The van der Waals surface area contributed by atoms with Gasteiger partial charge in [0.1, 0.15) is 0 Å². The molecule has 6 heteroatoms. The molecule has 0 spiro atoms. The number of nitrogens with two attached hydrogens (primary N) is 1. The maximum absolute atomic E-state index is 12.6. The second-order valence-electron chi connectivity index (χ2n) is 4.28. The summed E-state index contributed by atoms with van der Waals surface area (Å²) in [6.45, 7) is 0.268. The molecule has 20 heavy (non-hydrogen) atoms. The Hall–Kier alpha value is -1.69. The Kier molecular flexibility index (Phi) is 4.23. The summed E-state index contributed by atoms with van der Waals surface area (Å²) in [5.41, 5.74) is 6.90. The third-order valence-electron chi connectivity index (χ3n) is 2.75. The molecule has 0 saturated carbocycles. The average Bonchev–Trinajstić information content (AvgIpc) is 2.39. The molecule has 0 amide bonds. The zero-order valence-electron chi connectivity index (χ0n) is 10.3. The van der Waals surface area contributed by atoms with Gasteiger partial charge in [-0.15, -0.1) is 0 Å². The van der Waals surface area contributed by atoms with Gasteiger partial charge in [-0.2, -0.15) is 13.2 Å². The van der Waals surface area contributed by atoms with Gasteiger partial charge in [0, 0.05) is 11.0 Å². The van der Waals surface area contributed by atoms with Gasteiger partial charge in [-0.3, -0.25) is 0 Å². The Morgan fingerprint density at radius 2 is 1.85 bits per heavy atom. The average molecular weight is 345 g/mol. The topological polar surface area (TPSA) is 38.0 Å². The third-order valence-corrected chi connectivity index (χ3v) is 3.25. The van der Waals surface area contributed by atoms with Crippen molar-refractivity contribution in [2.24, 2.45) is 0 Å². The van der Waals surface area contributed by atoms with Gasteiger partial charge >= 0.3 is 6.18 Å². The first-order chi connectivity index (χ1) is 9.36. The van der Waals surface area contributed by atoms with Crippen molar-refractivity contribution in [2.75, 3.05) is 11.1 Å². The SMILES string of the molecule is Nc1ccc(Br)cc1NCc1cccc(C(F)(F)F)c1. The zero-order valence-corrected chi connectivity index (χ0v) is 11.9. The van der Waals surface area contributed by atoms with Crippen molar-refractivity contribution in [3.8, 4) is 0 Å². The number of benzene rings is 2. The summed E-state index contributed by atoms with van der Waals surface area (Å²) < 4.78 is 38.7. The van der Waals surface area contributed by atoms with E-state index in [2.05, 4.69) is 21.2 Å². The largest absolute Gasteiger partial charge is 0.416 e. The first kappa shape index (κ1) is 14.7. The molecule has 2 rings (SSSR count). The van der Waals surface area contributed by atoms with Gasteiger partial charge in [0.15, 0.2) is 0 Å². The van der Waals surface area contributed by atoms with Crippen LogP contribution < -0.4 is 11.1 Å². The second-order valence-corrected chi connectivity index (χ2v) is 5.20. The Morgan fingerprint density at radius 1 is 1.10 bits per heavy atom. The fraction of sp³-hybridized carbons (Fsp3) is 0.143. The summed E-state index contributed by atoms with van der Waals surface area (Å²) in [5.74, 6) is 0. The van der Waals surface area contributed by atoms with Crippen LogP contribution in [-0.4, -0.2) is 0 Å². The molecule has 0 fully saturated rings. The lowest BCUT2D eigenvalue weighted by Gasteiger charge is -2.12. The van der Waals surface area contributed by atoms with Crippen LogP contribution in [0.3, 0.4) is 0 Å². The van der Waals surface area contributed by atoms with Crippen LogP contribution in [0.15, 0.2) is 46.9 Å². The molecule has 2 nitrogen and oxygen atoms in total. The van der Waals surface area contributed by atoms with E-state index in [1.165, 1.54) is 6.07 Å². The minimum absolute atomic E-state index is 0.268. The number of hydrogen-bond donors (Lipinski definition) is 2. The summed E-state index contributed by atoms with van der Waals surface area (Å²) >= 11 is 3.32. The van der Waals surface area contributed by atoms with Crippen molar-refractivity contribution in [2.45, 2.75) is 12.7 Å². The first-order valence-corrected chi connectivity index (χ1v) is 6.60. The summed E-state index contributed by atoms with van der Waals surface area (Å²) in [7, 11) is 0. The van der Waals surface area contributed by atoms with Crippen LogP contribution in [0.5, 0.6) is 0 Å². The molecule has 0 unspecified atom stereocenters. The fourth-order valence-electron chi connectivity index (χ4n) is 1.74. The fourth-order valence-corrected chi connectivity index (χ4v) is 2.10. The van der Waals surface area contributed by atoms with E-state index < -0.39 is 11.7 Å². The van der Waals surface area contributed by atoms with Crippen LogP contribution in [0, 0.1) is 0 Å². The van der Waals surface area contributed by atoms with E-state index in [0.29, 0.717) is 16.9 Å².